The molecule has 0 aliphatic rings. The zero-order valence-electron chi connectivity index (χ0n) is 8.50. The van der Waals surface area contributed by atoms with Crippen molar-refractivity contribution < 1.29 is 4.79 Å². The minimum Gasteiger partial charge on any atom is -0.370 e. The summed E-state index contributed by atoms with van der Waals surface area (Å²) in [5, 5.41) is 5.64. The molecule has 1 heterocycles. The Morgan fingerprint density at radius 1 is 1.50 bits per heavy atom. The van der Waals surface area contributed by atoms with Crippen molar-refractivity contribution in [3.63, 3.8) is 0 Å². The van der Waals surface area contributed by atoms with Crippen LogP contribution < -0.4 is 10.6 Å². The fourth-order valence-electron chi connectivity index (χ4n) is 1.07. The number of carbonyl (C=O) groups excluding carboxylic acids is 1. The molecule has 0 bridgehead atoms. The second-order valence-electron chi connectivity index (χ2n) is 3.01. The number of pyridine rings is 1. The van der Waals surface area contributed by atoms with Gasteiger partial charge >= 0.3 is 0 Å². The van der Waals surface area contributed by atoms with E-state index in [2.05, 4.69) is 15.6 Å². The summed E-state index contributed by atoms with van der Waals surface area (Å²) in [6.07, 6.45) is 0.464. The van der Waals surface area contributed by atoms with E-state index < -0.39 is 0 Å². The Hall–Kier alpha value is -1.58. The number of aryl methyl sites for hydroxylation is 1. The van der Waals surface area contributed by atoms with Crippen LogP contribution in [0.4, 0.5) is 5.82 Å². The molecule has 1 rings (SSSR count). The number of hydrogen-bond acceptors (Lipinski definition) is 3. The first kappa shape index (κ1) is 10.5. The first-order chi connectivity index (χ1) is 6.72. The Bertz CT molecular complexity index is 312. The molecule has 1 aromatic heterocycles. The van der Waals surface area contributed by atoms with Crippen LogP contribution in [0.5, 0.6) is 0 Å². The molecule has 14 heavy (non-hydrogen) atoms. The molecule has 0 fully saturated rings. The molecule has 0 aliphatic heterocycles. The van der Waals surface area contributed by atoms with Gasteiger partial charge in [-0.2, -0.15) is 0 Å². The number of hydrogen-bond donors (Lipinski definition) is 2. The predicted molar refractivity (Wildman–Crippen MR) is 56.1 cm³/mol. The van der Waals surface area contributed by atoms with Gasteiger partial charge < -0.3 is 10.6 Å². The molecule has 4 heteroatoms. The summed E-state index contributed by atoms with van der Waals surface area (Å²) in [4.78, 5) is 15.2. The van der Waals surface area contributed by atoms with Gasteiger partial charge in [-0.15, -0.1) is 0 Å². The average molecular weight is 193 g/mol. The molecular weight excluding hydrogens is 178 g/mol. The van der Waals surface area contributed by atoms with E-state index in [9.17, 15) is 4.79 Å². The van der Waals surface area contributed by atoms with Gasteiger partial charge in [-0.1, -0.05) is 6.07 Å². The first-order valence-electron chi connectivity index (χ1n) is 4.60. The van der Waals surface area contributed by atoms with Crippen molar-refractivity contribution in [1.29, 1.82) is 0 Å². The quantitative estimate of drug-likeness (QED) is 0.748. The number of rotatable bonds is 4. The summed E-state index contributed by atoms with van der Waals surface area (Å²) in [5.74, 6) is 0.846. The Morgan fingerprint density at radius 2 is 2.29 bits per heavy atom. The van der Waals surface area contributed by atoms with Crippen LogP contribution in [0.2, 0.25) is 0 Å². The lowest BCUT2D eigenvalue weighted by Crippen LogP contribution is -2.21. The van der Waals surface area contributed by atoms with E-state index in [0.717, 1.165) is 11.5 Å². The first-order valence-corrected chi connectivity index (χ1v) is 4.60. The largest absolute Gasteiger partial charge is 0.370 e. The molecule has 76 valence electrons. The number of anilines is 1. The monoisotopic (exact) mass is 193 g/mol. The maximum absolute atomic E-state index is 10.9. The van der Waals surface area contributed by atoms with Crippen LogP contribution in [0.1, 0.15) is 12.1 Å². The summed E-state index contributed by atoms with van der Waals surface area (Å²) in [7, 11) is 1.63. The molecule has 0 spiro atoms. The highest BCUT2D eigenvalue weighted by atomic mass is 16.1. The van der Waals surface area contributed by atoms with Gasteiger partial charge in [0.25, 0.3) is 0 Å². The summed E-state index contributed by atoms with van der Waals surface area (Å²) < 4.78 is 0. The summed E-state index contributed by atoms with van der Waals surface area (Å²) in [5.41, 5.74) is 0.968. The highest BCUT2D eigenvalue weighted by Gasteiger charge is 1.97. The number of nitrogens with one attached hydrogen (secondary N) is 2. The number of amides is 1. The third-order valence-electron chi connectivity index (χ3n) is 1.83. The molecule has 0 unspecified atom stereocenters. The van der Waals surface area contributed by atoms with Crippen molar-refractivity contribution in [2.45, 2.75) is 13.3 Å². The number of aromatic nitrogens is 1. The van der Waals surface area contributed by atoms with Gasteiger partial charge in [0.15, 0.2) is 0 Å². The third kappa shape index (κ3) is 3.43. The second-order valence-corrected chi connectivity index (χ2v) is 3.01. The molecule has 0 saturated heterocycles. The molecule has 4 nitrogen and oxygen atoms in total. The minimum atomic E-state index is 0.0325. The summed E-state index contributed by atoms with van der Waals surface area (Å²) in [6, 6.07) is 5.76. The summed E-state index contributed by atoms with van der Waals surface area (Å²) in [6.45, 7) is 2.54. The smallest absolute Gasteiger partial charge is 0.221 e. The Balaban J connectivity index is 2.35. The van der Waals surface area contributed by atoms with Crippen molar-refractivity contribution in [3.8, 4) is 0 Å². The van der Waals surface area contributed by atoms with Crippen molar-refractivity contribution in [2.75, 3.05) is 18.9 Å². The normalized spacial score (nSPS) is 9.57. The van der Waals surface area contributed by atoms with Crippen molar-refractivity contribution in [2.24, 2.45) is 0 Å². The average Bonchev–Trinajstić information content (AvgIpc) is 2.17. The molecule has 2 N–H and O–H groups in total. The fraction of sp³-hybridized carbons (Fsp3) is 0.400. The maximum atomic E-state index is 10.9. The fourth-order valence-corrected chi connectivity index (χ4v) is 1.07. The zero-order valence-corrected chi connectivity index (χ0v) is 8.50. The standard InChI is InChI=1S/C10H15N3O/c1-8-4-3-5-9(13-8)12-7-6-10(14)11-2/h3-5H,6-7H2,1-2H3,(H,11,14)(H,12,13). The van der Waals surface area contributed by atoms with Crippen LogP contribution in [-0.2, 0) is 4.79 Å². The molecule has 0 saturated carbocycles. The predicted octanol–water partition coefficient (Wildman–Crippen LogP) is 0.938. The van der Waals surface area contributed by atoms with Crippen LogP contribution >= 0.6 is 0 Å². The Morgan fingerprint density at radius 3 is 2.93 bits per heavy atom. The van der Waals surface area contributed by atoms with E-state index in [-0.39, 0.29) is 5.91 Å². The van der Waals surface area contributed by atoms with Crippen LogP contribution in [0, 0.1) is 6.92 Å². The van der Waals surface area contributed by atoms with Crippen LogP contribution in [0.3, 0.4) is 0 Å². The van der Waals surface area contributed by atoms with Crippen LogP contribution in [0.25, 0.3) is 0 Å². The van der Waals surface area contributed by atoms with E-state index in [0.29, 0.717) is 13.0 Å². The Labute approximate surface area is 83.7 Å². The van der Waals surface area contributed by atoms with Gasteiger partial charge in [-0.3, -0.25) is 4.79 Å². The number of carbonyl (C=O) groups is 1. The van der Waals surface area contributed by atoms with Crippen molar-refractivity contribution in [3.05, 3.63) is 23.9 Å². The molecule has 0 radical (unpaired) electrons. The lowest BCUT2D eigenvalue weighted by molar-refractivity contribution is -0.120. The van der Waals surface area contributed by atoms with Gasteiger partial charge in [-0.05, 0) is 19.1 Å². The molecule has 0 aliphatic carbocycles. The minimum absolute atomic E-state index is 0.0325. The molecule has 0 atom stereocenters. The van der Waals surface area contributed by atoms with Crippen molar-refractivity contribution in [1.82, 2.24) is 10.3 Å². The lowest BCUT2D eigenvalue weighted by atomic mass is 10.3. The number of nitrogens with zero attached hydrogens (tertiary/aromatic N) is 1. The molecule has 0 aromatic carbocycles. The van der Waals surface area contributed by atoms with Crippen LogP contribution in [0.15, 0.2) is 18.2 Å². The Kier molecular flexibility index (Phi) is 3.91. The molecule has 1 amide bonds. The van der Waals surface area contributed by atoms with Gasteiger partial charge in [-0.25, -0.2) is 4.98 Å². The van der Waals surface area contributed by atoms with Gasteiger partial charge in [0.2, 0.25) is 5.91 Å². The van der Waals surface area contributed by atoms with E-state index >= 15 is 0 Å². The van der Waals surface area contributed by atoms with Gasteiger partial charge in [0.05, 0.1) is 0 Å². The summed E-state index contributed by atoms with van der Waals surface area (Å²) >= 11 is 0. The maximum Gasteiger partial charge on any atom is 0.221 e. The van der Waals surface area contributed by atoms with Crippen molar-refractivity contribution >= 4 is 11.7 Å². The van der Waals surface area contributed by atoms with E-state index in [1.54, 1.807) is 7.05 Å². The van der Waals surface area contributed by atoms with Crippen LogP contribution in [-0.4, -0.2) is 24.5 Å². The second kappa shape index (κ2) is 5.21. The lowest BCUT2D eigenvalue weighted by Gasteiger charge is -2.04. The zero-order chi connectivity index (χ0) is 10.4. The van der Waals surface area contributed by atoms with E-state index in [1.165, 1.54) is 0 Å². The van der Waals surface area contributed by atoms with Gasteiger partial charge in [0, 0.05) is 25.7 Å². The highest BCUT2D eigenvalue weighted by molar-refractivity contribution is 5.75. The molecular formula is C10H15N3O. The topological polar surface area (TPSA) is 54.0 Å². The SMILES string of the molecule is CNC(=O)CCNc1cccc(C)n1. The molecule has 1 aromatic rings. The van der Waals surface area contributed by atoms with E-state index in [1.807, 2.05) is 25.1 Å². The van der Waals surface area contributed by atoms with E-state index in [4.69, 9.17) is 0 Å². The highest BCUT2D eigenvalue weighted by Crippen LogP contribution is 2.03. The van der Waals surface area contributed by atoms with Gasteiger partial charge in [0.1, 0.15) is 5.82 Å². The third-order valence-corrected chi connectivity index (χ3v) is 1.83.